The van der Waals surface area contributed by atoms with E-state index in [0.29, 0.717) is 87.8 Å². The number of carbonyl (C=O) groups excluding carboxylic acids is 4. The first-order valence-corrected chi connectivity index (χ1v) is 18.4. The number of alkyl carbamates (subject to hydrolysis) is 1. The van der Waals surface area contributed by atoms with Crippen molar-refractivity contribution in [2.24, 2.45) is 11.7 Å². The smallest absolute Gasteiger partial charge is 0.407 e. The molecule has 2 aliphatic rings. The molecule has 3 atom stereocenters. The van der Waals surface area contributed by atoms with Crippen LogP contribution >= 0.6 is 11.3 Å². The fourth-order valence-electron chi connectivity index (χ4n) is 6.12. The van der Waals surface area contributed by atoms with Crippen LogP contribution in [0.3, 0.4) is 0 Å². The van der Waals surface area contributed by atoms with Gasteiger partial charge in [0.1, 0.15) is 29.1 Å². The molecular formula is C35H51N5O9S. The van der Waals surface area contributed by atoms with E-state index in [0.717, 1.165) is 38.5 Å². The van der Waals surface area contributed by atoms with E-state index in [4.69, 9.17) is 34.4 Å². The number of nitrogens with zero attached hydrogens (tertiary/aromatic N) is 2. The van der Waals surface area contributed by atoms with Crippen molar-refractivity contribution < 1.29 is 42.9 Å². The number of thiazole rings is 1. The van der Waals surface area contributed by atoms with E-state index in [9.17, 15) is 19.2 Å². The maximum absolute atomic E-state index is 14.1. The van der Waals surface area contributed by atoms with Gasteiger partial charge in [0.2, 0.25) is 11.7 Å². The van der Waals surface area contributed by atoms with Crippen LogP contribution in [0.25, 0.3) is 0 Å². The fraction of sp³-hybridized carbons (Fsp3) is 0.629. The summed E-state index contributed by atoms with van der Waals surface area (Å²) in [4.78, 5) is 58.9. The number of benzene rings is 1. The van der Waals surface area contributed by atoms with Crippen LogP contribution < -0.4 is 21.1 Å². The second kappa shape index (κ2) is 20.9. The summed E-state index contributed by atoms with van der Waals surface area (Å²) in [6.45, 7) is 5.55. The number of aromatic nitrogens is 1. The lowest BCUT2D eigenvalue weighted by atomic mass is 9.83. The van der Waals surface area contributed by atoms with E-state index in [1.54, 1.807) is 34.5 Å². The molecule has 276 valence electrons. The van der Waals surface area contributed by atoms with Crippen LogP contribution in [0.2, 0.25) is 0 Å². The van der Waals surface area contributed by atoms with E-state index < -0.39 is 24.1 Å². The van der Waals surface area contributed by atoms with Gasteiger partial charge in [-0.1, -0.05) is 31.4 Å². The van der Waals surface area contributed by atoms with Crippen LogP contribution in [-0.2, 0) is 28.5 Å². The number of hydrogen-bond donors (Lipinski definition) is 3. The lowest BCUT2D eigenvalue weighted by molar-refractivity contribution is -0.141. The zero-order valence-electron chi connectivity index (χ0n) is 29.1. The number of likely N-dealkylation sites (tertiary alicyclic amines) is 1. The van der Waals surface area contributed by atoms with Gasteiger partial charge in [-0.3, -0.25) is 14.4 Å². The van der Waals surface area contributed by atoms with Gasteiger partial charge in [0.15, 0.2) is 6.10 Å². The molecule has 14 nitrogen and oxygen atoms in total. The summed E-state index contributed by atoms with van der Waals surface area (Å²) in [6, 6.07) is 5.90. The number of ether oxygens (including phenoxy) is 5. The van der Waals surface area contributed by atoms with Gasteiger partial charge in [-0.15, -0.1) is 11.3 Å². The molecule has 1 saturated heterocycles. The minimum absolute atomic E-state index is 0.0191. The zero-order valence-corrected chi connectivity index (χ0v) is 29.9. The molecule has 4 rings (SSSR count). The van der Waals surface area contributed by atoms with Crippen molar-refractivity contribution in [3.63, 3.8) is 0 Å². The van der Waals surface area contributed by atoms with Crippen molar-refractivity contribution in [2.75, 3.05) is 66.4 Å². The summed E-state index contributed by atoms with van der Waals surface area (Å²) >= 11 is 1.35. The lowest BCUT2D eigenvalue weighted by Crippen LogP contribution is -2.54. The van der Waals surface area contributed by atoms with Gasteiger partial charge in [-0.05, 0) is 50.7 Å². The predicted molar refractivity (Wildman–Crippen MR) is 186 cm³/mol. The third kappa shape index (κ3) is 11.7. The third-order valence-corrected chi connectivity index (χ3v) is 9.66. The molecule has 2 fully saturated rings. The Morgan fingerprint density at radius 1 is 0.960 bits per heavy atom. The number of amides is 3. The highest BCUT2D eigenvalue weighted by molar-refractivity contribution is 7.10. The Morgan fingerprint density at radius 3 is 2.36 bits per heavy atom. The summed E-state index contributed by atoms with van der Waals surface area (Å²) in [7, 11) is 1.42. The molecule has 1 aromatic carbocycles. The Morgan fingerprint density at radius 2 is 1.66 bits per heavy atom. The molecule has 2 aromatic rings. The molecule has 50 heavy (non-hydrogen) atoms. The highest BCUT2D eigenvalue weighted by Gasteiger charge is 2.40. The second-order valence-corrected chi connectivity index (χ2v) is 13.2. The van der Waals surface area contributed by atoms with Crippen molar-refractivity contribution in [3.8, 4) is 5.75 Å². The molecule has 1 aliphatic carbocycles. The lowest BCUT2D eigenvalue weighted by Gasteiger charge is -2.35. The van der Waals surface area contributed by atoms with E-state index in [1.165, 1.54) is 25.3 Å². The average molecular weight is 718 g/mol. The Hall–Kier alpha value is -3.63. The number of carbonyl (C=O) groups is 4. The first-order valence-electron chi connectivity index (χ1n) is 17.5. The summed E-state index contributed by atoms with van der Waals surface area (Å²) in [6.07, 6.45) is 4.42. The van der Waals surface area contributed by atoms with Crippen LogP contribution in [0.5, 0.6) is 5.75 Å². The van der Waals surface area contributed by atoms with Crippen molar-refractivity contribution in [2.45, 2.75) is 70.1 Å². The van der Waals surface area contributed by atoms with E-state index in [2.05, 4.69) is 10.6 Å². The van der Waals surface area contributed by atoms with E-state index in [1.807, 2.05) is 0 Å². The average Bonchev–Trinajstić information content (AvgIpc) is 3.83. The van der Waals surface area contributed by atoms with E-state index >= 15 is 0 Å². The Bertz CT molecular complexity index is 1390. The van der Waals surface area contributed by atoms with Crippen molar-refractivity contribution in [1.29, 1.82) is 0 Å². The fourth-order valence-corrected chi connectivity index (χ4v) is 7.07. The minimum atomic E-state index is -1.06. The maximum atomic E-state index is 14.1. The van der Waals surface area contributed by atoms with Gasteiger partial charge in [0, 0.05) is 31.1 Å². The molecule has 4 N–H and O–H groups in total. The van der Waals surface area contributed by atoms with Gasteiger partial charge < -0.3 is 45.0 Å². The van der Waals surface area contributed by atoms with Gasteiger partial charge in [0.25, 0.3) is 5.91 Å². The van der Waals surface area contributed by atoms with Crippen LogP contribution in [0, 0.1) is 5.92 Å². The highest BCUT2D eigenvalue weighted by Crippen LogP contribution is 2.36. The minimum Gasteiger partial charge on any atom is -0.491 e. The SMILES string of the molecule is CNC(=O)OC(C)C(=O)NC(C(=O)N1CCC[C@H]1c1nc(C(=O)c2cccc(OCCOCCOCCOCCN)c2)cs1)C1CCCCC1. The molecule has 1 saturated carbocycles. The molecule has 1 aromatic heterocycles. The molecule has 0 spiro atoms. The van der Waals surface area contributed by atoms with Gasteiger partial charge in [-0.25, -0.2) is 9.78 Å². The van der Waals surface area contributed by atoms with Crippen LogP contribution in [-0.4, -0.2) is 112 Å². The van der Waals surface area contributed by atoms with Crippen LogP contribution in [0.1, 0.15) is 79.0 Å². The van der Waals surface area contributed by atoms with E-state index in [-0.39, 0.29) is 23.7 Å². The number of nitrogens with one attached hydrogen (secondary N) is 2. The molecule has 2 heterocycles. The number of nitrogens with two attached hydrogens (primary N) is 1. The van der Waals surface area contributed by atoms with Gasteiger partial charge >= 0.3 is 6.09 Å². The molecule has 0 radical (unpaired) electrons. The molecule has 2 unspecified atom stereocenters. The first-order chi connectivity index (χ1) is 24.3. The van der Waals surface area contributed by atoms with Crippen molar-refractivity contribution in [3.05, 3.63) is 45.9 Å². The van der Waals surface area contributed by atoms with Gasteiger partial charge in [-0.2, -0.15) is 0 Å². The molecule has 0 bridgehead atoms. The number of ketones is 1. The summed E-state index contributed by atoms with van der Waals surface area (Å²) in [5.74, 6) is -0.400. The molecule has 3 amide bonds. The third-order valence-electron chi connectivity index (χ3n) is 8.72. The second-order valence-electron chi connectivity index (χ2n) is 12.3. The molecular weight excluding hydrogens is 666 g/mol. The zero-order chi connectivity index (χ0) is 35.7. The van der Waals surface area contributed by atoms with Crippen molar-refractivity contribution >= 4 is 35.0 Å². The topological polar surface area (TPSA) is 181 Å². The Kier molecular flexibility index (Phi) is 16.4. The maximum Gasteiger partial charge on any atom is 0.407 e. The summed E-state index contributed by atoms with van der Waals surface area (Å²) in [5.41, 5.74) is 6.11. The monoisotopic (exact) mass is 717 g/mol. The van der Waals surface area contributed by atoms with Crippen LogP contribution in [0.15, 0.2) is 29.6 Å². The molecule has 15 heteroatoms. The predicted octanol–water partition coefficient (Wildman–Crippen LogP) is 3.23. The standard InChI is InChI=1S/C35H51N5O9S/c1-24(49-35(44)37-2)32(42)39-30(25-8-4-3-5-9-25)34(43)40-14-7-12-29(40)33-38-28(23-50-33)31(41)26-10-6-11-27(22-26)48-21-20-47-19-18-46-17-16-45-15-13-36/h6,10-11,22-25,29-30H,3-5,7-9,12-21,36H2,1-2H3,(H,37,44)(H,39,42)/t24?,29-,30?/m0/s1. The Labute approximate surface area is 297 Å². The highest BCUT2D eigenvalue weighted by atomic mass is 32.1. The Balaban J connectivity index is 1.32. The first kappa shape index (κ1) is 39.2. The van der Waals surface area contributed by atoms with Gasteiger partial charge in [0.05, 0.1) is 45.7 Å². The van der Waals surface area contributed by atoms with Crippen LogP contribution in [0.4, 0.5) is 4.79 Å². The molecule has 1 aliphatic heterocycles. The normalized spacial score (nSPS) is 17.6. The number of rotatable bonds is 20. The quantitative estimate of drug-likeness (QED) is 0.135. The summed E-state index contributed by atoms with van der Waals surface area (Å²) in [5, 5.41) is 7.66. The summed E-state index contributed by atoms with van der Waals surface area (Å²) < 4.78 is 27.1. The van der Waals surface area contributed by atoms with Crippen molar-refractivity contribution in [1.82, 2.24) is 20.5 Å². The largest absolute Gasteiger partial charge is 0.491 e. The number of hydrogen-bond acceptors (Lipinski definition) is 12.